The predicted octanol–water partition coefficient (Wildman–Crippen LogP) is 3.88. The smallest absolute Gasteiger partial charge is 0.235 e. The first-order chi connectivity index (χ1) is 11.7. The van der Waals surface area contributed by atoms with Gasteiger partial charge in [-0.1, -0.05) is 35.1 Å². The zero-order valence-electron chi connectivity index (χ0n) is 12.8. The molecule has 0 aliphatic heterocycles. The van der Waals surface area contributed by atoms with Gasteiger partial charge in [0.25, 0.3) is 0 Å². The number of aromatic nitrogens is 4. The third kappa shape index (κ3) is 2.85. The van der Waals surface area contributed by atoms with E-state index in [1.165, 1.54) is 23.5 Å². The lowest BCUT2D eigenvalue weighted by molar-refractivity contribution is 0.303. The van der Waals surface area contributed by atoms with Crippen molar-refractivity contribution < 1.29 is 9.13 Å². The Bertz CT molecular complexity index is 993. The van der Waals surface area contributed by atoms with Crippen molar-refractivity contribution in [3.8, 4) is 17.1 Å². The fourth-order valence-electron chi connectivity index (χ4n) is 2.35. The monoisotopic (exact) mass is 340 g/mol. The maximum absolute atomic E-state index is 12.9. The Morgan fingerprint density at radius 2 is 1.96 bits per heavy atom. The van der Waals surface area contributed by atoms with Gasteiger partial charge in [-0.3, -0.25) is 0 Å². The molecule has 0 saturated heterocycles. The van der Waals surface area contributed by atoms with Gasteiger partial charge in [0, 0.05) is 5.56 Å². The summed E-state index contributed by atoms with van der Waals surface area (Å²) in [6, 6.07) is 14.0. The van der Waals surface area contributed by atoms with Gasteiger partial charge in [0.1, 0.15) is 18.2 Å². The van der Waals surface area contributed by atoms with E-state index in [0.29, 0.717) is 23.1 Å². The molecule has 2 heterocycles. The fourth-order valence-corrected chi connectivity index (χ4v) is 3.10. The van der Waals surface area contributed by atoms with Crippen LogP contribution in [0.25, 0.3) is 16.3 Å². The largest absolute Gasteiger partial charge is 0.486 e. The second-order valence-corrected chi connectivity index (χ2v) is 6.37. The summed E-state index contributed by atoms with van der Waals surface area (Å²) in [6.45, 7) is 2.33. The topological polar surface area (TPSA) is 52.3 Å². The molecule has 4 rings (SSSR count). The van der Waals surface area contributed by atoms with E-state index in [1.54, 1.807) is 16.6 Å². The standard InChI is InChI=1S/C17H13FN4OS/c1-11-3-2-4-12(9-11)16-19-20-17-22(16)21-15(24-17)10-23-14-7-5-13(18)6-8-14/h2-9H,10H2,1H3. The number of ether oxygens (including phenoxy) is 1. The minimum absolute atomic E-state index is 0.288. The SMILES string of the molecule is Cc1cccc(-c2nnc3sc(COc4ccc(F)cc4)nn23)c1. The minimum atomic E-state index is -0.288. The zero-order valence-corrected chi connectivity index (χ0v) is 13.6. The zero-order chi connectivity index (χ0) is 16.5. The molecule has 2 aromatic heterocycles. The fraction of sp³-hybridized carbons (Fsp3) is 0.118. The van der Waals surface area contributed by atoms with Crippen molar-refractivity contribution in [2.45, 2.75) is 13.5 Å². The average Bonchev–Trinajstić information content (AvgIpc) is 3.14. The molecule has 0 fully saturated rings. The lowest BCUT2D eigenvalue weighted by atomic mass is 10.1. The lowest BCUT2D eigenvalue weighted by Gasteiger charge is -2.02. The van der Waals surface area contributed by atoms with Gasteiger partial charge in [-0.05, 0) is 37.3 Å². The molecule has 0 aliphatic carbocycles. The molecule has 0 radical (unpaired) electrons. The van der Waals surface area contributed by atoms with Crippen LogP contribution in [-0.4, -0.2) is 19.8 Å². The summed E-state index contributed by atoms with van der Waals surface area (Å²) in [4.78, 5) is 0.712. The van der Waals surface area contributed by atoms with Crippen LogP contribution in [-0.2, 0) is 6.61 Å². The highest BCUT2D eigenvalue weighted by atomic mass is 32.1. The van der Waals surface area contributed by atoms with Gasteiger partial charge in [-0.25, -0.2) is 4.39 Å². The third-order valence-electron chi connectivity index (χ3n) is 3.48. The highest BCUT2D eigenvalue weighted by Crippen LogP contribution is 2.23. The Morgan fingerprint density at radius 3 is 2.75 bits per heavy atom. The van der Waals surface area contributed by atoms with Gasteiger partial charge in [-0.2, -0.15) is 9.61 Å². The summed E-state index contributed by atoms with van der Waals surface area (Å²) < 4.78 is 20.3. The first kappa shape index (κ1) is 14.8. The van der Waals surface area contributed by atoms with E-state index in [2.05, 4.69) is 15.3 Å². The summed E-state index contributed by atoms with van der Waals surface area (Å²) in [5, 5.41) is 13.7. The van der Waals surface area contributed by atoms with Crippen LogP contribution in [0.2, 0.25) is 0 Å². The van der Waals surface area contributed by atoms with Crippen molar-refractivity contribution in [2.24, 2.45) is 0 Å². The summed E-state index contributed by atoms with van der Waals surface area (Å²) in [5.41, 5.74) is 2.12. The number of benzene rings is 2. The minimum Gasteiger partial charge on any atom is -0.486 e. The Morgan fingerprint density at radius 1 is 1.12 bits per heavy atom. The van der Waals surface area contributed by atoms with Crippen LogP contribution in [0, 0.1) is 12.7 Å². The molecule has 0 spiro atoms. The Balaban J connectivity index is 1.59. The van der Waals surface area contributed by atoms with Crippen LogP contribution < -0.4 is 4.74 Å². The highest BCUT2D eigenvalue weighted by molar-refractivity contribution is 7.16. The van der Waals surface area contributed by atoms with Gasteiger partial charge in [0.15, 0.2) is 10.8 Å². The molecule has 4 aromatic rings. The maximum atomic E-state index is 12.9. The van der Waals surface area contributed by atoms with Crippen molar-refractivity contribution in [1.82, 2.24) is 19.8 Å². The van der Waals surface area contributed by atoms with Crippen LogP contribution in [0.4, 0.5) is 4.39 Å². The van der Waals surface area contributed by atoms with Crippen LogP contribution in [0.1, 0.15) is 10.6 Å². The van der Waals surface area contributed by atoms with Crippen LogP contribution in [0.15, 0.2) is 48.5 Å². The van der Waals surface area contributed by atoms with Gasteiger partial charge in [0.05, 0.1) is 0 Å². The van der Waals surface area contributed by atoms with E-state index in [0.717, 1.165) is 16.1 Å². The summed E-state index contributed by atoms with van der Waals surface area (Å²) in [5.74, 6) is 1.02. The number of rotatable bonds is 4. The van der Waals surface area contributed by atoms with Crippen LogP contribution in [0.5, 0.6) is 5.75 Å². The van der Waals surface area contributed by atoms with E-state index in [-0.39, 0.29) is 5.82 Å². The molecule has 0 unspecified atom stereocenters. The van der Waals surface area contributed by atoms with Gasteiger partial charge >= 0.3 is 0 Å². The lowest BCUT2D eigenvalue weighted by Crippen LogP contribution is -1.97. The summed E-state index contributed by atoms with van der Waals surface area (Å²) in [6.07, 6.45) is 0. The molecular formula is C17H13FN4OS. The number of hydrogen-bond acceptors (Lipinski definition) is 5. The average molecular weight is 340 g/mol. The molecule has 0 N–H and O–H groups in total. The van der Waals surface area contributed by atoms with Crippen LogP contribution in [0.3, 0.4) is 0 Å². The first-order valence-electron chi connectivity index (χ1n) is 7.35. The van der Waals surface area contributed by atoms with Gasteiger partial charge in [-0.15, -0.1) is 10.2 Å². The second-order valence-electron chi connectivity index (χ2n) is 5.33. The van der Waals surface area contributed by atoms with E-state index in [1.807, 2.05) is 31.2 Å². The number of aryl methyl sites for hydroxylation is 1. The molecule has 2 aromatic carbocycles. The Labute approximate surface area is 141 Å². The van der Waals surface area contributed by atoms with Gasteiger partial charge in [0.2, 0.25) is 4.96 Å². The van der Waals surface area contributed by atoms with Gasteiger partial charge < -0.3 is 4.74 Å². The second kappa shape index (κ2) is 6.01. The molecule has 0 saturated carbocycles. The first-order valence-corrected chi connectivity index (χ1v) is 8.17. The molecule has 0 amide bonds. The molecule has 24 heavy (non-hydrogen) atoms. The highest BCUT2D eigenvalue weighted by Gasteiger charge is 2.13. The van der Waals surface area contributed by atoms with E-state index >= 15 is 0 Å². The van der Waals surface area contributed by atoms with E-state index in [9.17, 15) is 4.39 Å². The van der Waals surface area contributed by atoms with Crippen molar-refractivity contribution in [1.29, 1.82) is 0 Å². The molecule has 0 aliphatic rings. The van der Waals surface area contributed by atoms with E-state index < -0.39 is 0 Å². The molecule has 5 nitrogen and oxygen atoms in total. The normalized spacial score (nSPS) is 11.1. The molecule has 7 heteroatoms. The van der Waals surface area contributed by atoms with Crippen molar-refractivity contribution in [3.63, 3.8) is 0 Å². The molecule has 0 bridgehead atoms. The molecule has 120 valence electrons. The number of halogens is 1. The maximum Gasteiger partial charge on any atom is 0.235 e. The third-order valence-corrected chi connectivity index (χ3v) is 4.36. The molecule has 0 atom stereocenters. The summed E-state index contributed by atoms with van der Waals surface area (Å²) in [7, 11) is 0. The van der Waals surface area contributed by atoms with Crippen molar-refractivity contribution in [3.05, 3.63) is 64.9 Å². The Kier molecular flexibility index (Phi) is 3.70. The quantitative estimate of drug-likeness (QED) is 0.566. The van der Waals surface area contributed by atoms with Crippen molar-refractivity contribution >= 4 is 16.3 Å². The number of hydrogen-bond donors (Lipinski definition) is 0. The predicted molar refractivity (Wildman–Crippen MR) is 89.6 cm³/mol. The molecular weight excluding hydrogens is 327 g/mol. The van der Waals surface area contributed by atoms with E-state index in [4.69, 9.17) is 4.74 Å². The van der Waals surface area contributed by atoms with Crippen LogP contribution >= 0.6 is 11.3 Å². The summed E-state index contributed by atoms with van der Waals surface area (Å²) >= 11 is 1.42. The number of nitrogens with zero attached hydrogens (tertiary/aromatic N) is 4. The number of fused-ring (bicyclic) bond motifs is 1. The Hall–Kier alpha value is -2.80. The van der Waals surface area contributed by atoms with Crippen molar-refractivity contribution in [2.75, 3.05) is 0 Å².